The summed E-state index contributed by atoms with van der Waals surface area (Å²) in [6.07, 6.45) is 9.80. The lowest BCUT2D eigenvalue weighted by molar-refractivity contribution is -0.153. The average molecular weight is 457 g/mol. The Bertz CT molecular complexity index is 439. The summed E-state index contributed by atoms with van der Waals surface area (Å²) in [4.78, 5) is 38.1. The first-order chi connectivity index (χ1) is 14.9. The van der Waals surface area contributed by atoms with Crippen LogP contribution < -0.4 is 0 Å². The summed E-state index contributed by atoms with van der Waals surface area (Å²) >= 11 is -3.27. The van der Waals surface area contributed by atoms with Crippen molar-refractivity contribution in [1.29, 1.82) is 0 Å². The molecule has 0 amide bonds. The van der Waals surface area contributed by atoms with Crippen molar-refractivity contribution < 1.29 is 25.7 Å². The van der Waals surface area contributed by atoms with Gasteiger partial charge in [-0.25, -0.2) is 0 Å². The predicted molar refractivity (Wildman–Crippen MR) is 124 cm³/mol. The summed E-state index contributed by atoms with van der Waals surface area (Å²) in [5, 5.41) is 0. The zero-order valence-electron chi connectivity index (χ0n) is 20.7. The van der Waals surface area contributed by atoms with E-state index in [4.69, 9.17) is 11.4 Å². The van der Waals surface area contributed by atoms with Crippen LogP contribution in [0.4, 0.5) is 0 Å². The van der Waals surface area contributed by atoms with Crippen molar-refractivity contribution in [2.24, 2.45) is 17.8 Å². The fourth-order valence-electron chi connectivity index (χ4n) is 3.46. The SMILES string of the molecule is CCCCC(CC)C(=O)[O][Al]([O]C(=O)C(CC)CCCC)[O]C(=O)C(CC)CCCC. The van der Waals surface area contributed by atoms with Crippen LogP contribution in [-0.4, -0.2) is 33.1 Å². The topological polar surface area (TPSA) is 78.9 Å². The van der Waals surface area contributed by atoms with Gasteiger partial charge in [-0.1, -0.05) is 80.1 Å². The first-order valence-electron chi connectivity index (χ1n) is 12.5. The minimum absolute atomic E-state index is 0.267. The van der Waals surface area contributed by atoms with Gasteiger partial charge in [0.25, 0.3) is 17.9 Å². The van der Waals surface area contributed by atoms with Crippen LogP contribution >= 0.6 is 0 Å². The molecular weight excluding hydrogens is 411 g/mol. The summed E-state index contributed by atoms with van der Waals surface area (Å²) in [6.45, 7) is 12.0. The van der Waals surface area contributed by atoms with Crippen LogP contribution in [0, 0.1) is 17.8 Å². The van der Waals surface area contributed by atoms with Crippen LogP contribution in [0.5, 0.6) is 0 Å². The van der Waals surface area contributed by atoms with Crippen molar-refractivity contribution in [3.05, 3.63) is 0 Å². The molecule has 0 heterocycles. The van der Waals surface area contributed by atoms with Crippen LogP contribution in [0.2, 0.25) is 0 Å². The smallest absolute Gasteiger partial charge is 0.551 e. The van der Waals surface area contributed by atoms with Crippen molar-refractivity contribution in [1.82, 2.24) is 0 Å². The molecule has 0 aliphatic heterocycles. The van der Waals surface area contributed by atoms with Gasteiger partial charge in [-0.15, -0.1) is 0 Å². The molecule has 31 heavy (non-hydrogen) atoms. The van der Waals surface area contributed by atoms with Gasteiger partial charge >= 0.3 is 15.1 Å². The van der Waals surface area contributed by atoms with Gasteiger partial charge < -0.3 is 11.4 Å². The first-order valence-corrected chi connectivity index (χ1v) is 13.9. The second-order valence-electron chi connectivity index (χ2n) is 8.34. The van der Waals surface area contributed by atoms with Gasteiger partial charge in [0.05, 0.1) is 17.8 Å². The summed E-state index contributed by atoms with van der Waals surface area (Å²) < 4.78 is 16.7. The highest BCUT2D eigenvalue weighted by molar-refractivity contribution is 6.44. The largest absolute Gasteiger partial charge is 1.20 e. The highest BCUT2D eigenvalue weighted by Gasteiger charge is 2.51. The van der Waals surface area contributed by atoms with E-state index < -0.39 is 33.1 Å². The molecular formula is C24H45AlO6. The lowest BCUT2D eigenvalue weighted by Crippen LogP contribution is -2.39. The van der Waals surface area contributed by atoms with E-state index in [1.54, 1.807) is 0 Å². The van der Waals surface area contributed by atoms with E-state index in [9.17, 15) is 14.4 Å². The standard InChI is InChI=1S/3C8H16O2.Al/c3*1-3-5-6-7(4-2)8(9)10;/h3*7H,3-6H2,1-2H3,(H,9,10);/q;;;+3/p-3. The van der Waals surface area contributed by atoms with Crippen molar-refractivity contribution in [2.45, 2.75) is 119 Å². The molecule has 0 bridgehead atoms. The van der Waals surface area contributed by atoms with E-state index in [0.29, 0.717) is 19.3 Å². The van der Waals surface area contributed by atoms with Crippen molar-refractivity contribution in [3.8, 4) is 0 Å². The maximum absolute atomic E-state index is 12.7. The molecule has 0 aromatic carbocycles. The Balaban J connectivity index is 5.32. The Morgan fingerprint density at radius 3 is 1.00 bits per heavy atom. The van der Waals surface area contributed by atoms with Gasteiger partial charge in [0.15, 0.2) is 0 Å². The highest BCUT2D eigenvalue weighted by Crippen LogP contribution is 2.20. The summed E-state index contributed by atoms with van der Waals surface area (Å²) in [7, 11) is 0. The van der Waals surface area contributed by atoms with E-state index in [1.807, 2.05) is 20.8 Å². The molecule has 0 fully saturated rings. The minimum Gasteiger partial charge on any atom is -0.551 e. The Kier molecular flexibility index (Phi) is 17.9. The lowest BCUT2D eigenvalue weighted by atomic mass is 10.00. The highest BCUT2D eigenvalue weighted by atomic mass is 27.3. The molecule has 3 unspecified atom stereocenters. The van der Waals surface area contributed by atoms with E-state index in [2.05, 4.69) is 20.8 Å². The van der Waals surface area contributed by atoms with E-state index >= 15 is 0 Å². The van der Waals surface area contributed by atoms with Gasteiger partial charge in [-0.3, -0.25) is 14.4 Å². The van der Waals surface area contributed by atoms with E-state index in [0.717, 1.165) is 57.8 Å². The monoisotopic (exact) mass is 456 g/mol. The normalized spacial score (nSPS) is 13.7. The van der Waals surface area contributed by atoms with Crippen LogP contribution in [-0.2, 0) is 25.7 Å². The fourth-order valence-corrected chi connectivity index (χ4v) is 4.75. The molecule has 0 aliphatic carbocycles. The Morgan fingerprint density at radius 1 is 0.548 bits per heavy atom. The molecule has 6 nitrogen and oxygen atoms in total. The fraction of sp³-hybridized carbons (Fsp3) is 0.875. The van der Waals surface area contributed by atoms with Crippen LogP contribution in [0.15, 0.2) is 0 Å². The maximum atomic E-state index is 12.7. The number of hydrogen-bond donors (Lipinski definition) is 0. The molecule has 0 aromatic heterocycles. The molecule has 0 N–H and O–H groups in total. The number of carbonyl (C=O) groups excluding carboxylic acids is 3. The van der Waals surface area contributed by atoms with Crippen molar-refractivity contribution in [3.63, 3.8) is 0 Å². The summed E-state index contributed by atoms with van der Waals surface area (Å²) in [6, 6.07) is 0. The summed E-state index contributed by atoms with van der Waals surface area (Å²) in [5.74, 6) is -2.06. The van der Waals surface area contributed by atoms with Crippen molar-refractivity contribution in [2.75, 3.05) is 0 Å². The Hall–Kier alpha value is -1.06. The van der Waals surface area contributed by atoms with Crippen LogP contribution in [0.3, 0.4) is 0 Å². The Labute approximate surface area is 195 Å². The van der Waals surface area contributed by atoms with Gasteiger partial charge in [0, 0.05) is 0 Å². The Morgan fingerprint density at radius 2 is 0.806 bits per heavy atom. The second-order valence-corrected chi connectivity index (χ2v) is 9.63. The van der Waals surface area contributed by atoms with Crippen LogP contribution in [0.1, 0.15) is 119 Å². The molecule has 0 spiro atoms. The quantitative estimate of drug-likeness (QED) is 0.227. The number of hydrogen-bond acceptors (Lipinski definition) is 6. The van der Waals surface area contributed by atoms with Gasteiger partial charge in [0.1, 0.15) is 0 Å². The molecule has 0 aliphatic rings. The van der Waals surface area contributed by atoms with E-state index in [-0.39, 0.29) is 17.8 Å². The van der Waals surface area contributed by atoms with Crippen LogP contribution in [0.25, 0.3) is 0 Å². The molecule has 0 radical (unpaired) electrons. The third-order valence-corrected chi connectivity index (χ3v) is 7.11. The van der Waals surface area contributed by atoms with Crippen molar-refractivity contribution >= 4 is 33.1 Å². The first kappa shape index (κ1) is 29.9. The summed E-state index contributed by atoms with van der Waals surface area (Å²) in [5.41, 5.74) is 0. The molecule has 3 atom stereocenters. The molecule has 0 saturated carbocycles. The van der Waals surface area contributed by atoms with E-state index in [1.165, 1.54) is 0 Å². The predicted octanol–water partition coefficient (Wildman–Crippen LogP) is 6.25. The molecule has 180 valence electrons. The molecule has 0 aromatic rings. The minimum atomic E-state index is -3.27. The number of rotatable bonds is 18. The van der Waals surface area contributed by atoms with Gasteiger partial charge in [0.2, 0.25) is 0 Å². The number of carbonyl (C=O) groups is 3. The molecule has 7 heteroatoms. The molecule has 0 rings (SSSR count). The van der Waals surface area contributed by atoms with Gasteiger partial charge in [-0.05, 0) is 38.5 Å². The lowest BCUT2D eigenvalue weighted by Gasteiger charge is -2.21. The van der Waals surface area contributed by atoms with Gasteiger partial charge in [-0.2, -0.15) is 0 Å². The average Bonchev–Trinajstić information content (AvgIpc) is 2.75. The zero-order valence-corrected chi connectivity index (χ0v) is 21.9. The maximum Gasteiger partial charge on any atom is 1.20 e. The third kappa shape index (κ3) is 12.5. The number of unbranched alkanes of at least 4 members (excludes halogenated alkanes) is 3. The zero-order chi connectivity index (χ0) is 23.6. The third-order valence-electron chi connectivity index (χ3n) is 5.83. The molecule has 0 saturated heterocycles. The second kappa shape index (κ2) is 18.5.